The van der Waals surface area contributed by atoms with Gasteiger partial charge in [0.25, 0.3) is 11.1 Å². The van der Waals surface area contributed by atoms with Crippen molar-refractivity contribution in [1.82, 2.24) is 9.55 Å². The van der Waals surface area contributed by atoms with E-state index in [1.165, 1.54) is 20.2 Å². The summed E-state index contributed by atoms with van der Waals surface area (Å²) in [6.45, 7) is 4.05. The Bertz CT molecular complexity index is 4130. The van der Waals surface area contributed by atoms with Gasteiger partial charge in [-0.3, -0.25) is 14.4 Å². The molecule has 0 fully saturated rings. The average Bonchev–Trinajstić information content (AvgIpc) is 3.93. The van der Waals surface area contributed by atoms with Crippen LogP contribution in [0.1, 0.15) is 70.8 Å². The van der Waals surface area contributed by atoms with E-state index < -0.39 is 24.5 Å². The molecule has 4 heterocycles. The number of nitrogens with one attached hydrogen (secondary N) is 1. The molecule has 0 amide bonds. The number of aliphatic hydroxyl groups excluding tert-OH is 1. The van der Waals surface area contributed by atoms with Gasteiger partial charge in [0, 0.05) is 68.4 Å². The zero-order valence-electron chi connectivity index (χ0n) is 41.0. The molecule has 9 nitrogen and oxygen atoms in total. The van der Waals surface area contributed by atoms with Crippen molar-refractivity contribution in [2.75, 3.05) is 7.11 Å². The summed E-state index contributed by atoms with van der Waals surface area (Å²) in [5.74, 6) is -0.0470. The summed E-state index contributed by atoms with van der Waals surface area (Å²) < 4.78 is 46.1. The average molecular weight is 981 g/mol. The number of halogens is 2. The first kappa shape index (κ1) is 46.6. The first-order valence-corrected chi connectivity index (χ1v) is 25.0. The maximum atomic E-state index is 15.8. The lowest BCUT2D eigenvalue weighted by Crippen LogP contribution is -2.31. The summed E-state index contributed by atoms with van der Waals surface area (Å²) in [4.78, 5) is 45.2. The second-order valence-corrected chi connectivity index (χ2v) is 19.2. The standard InChI is InChI=1S/C61H44BF2N3O5.CH4O/c1-34-42-28-22-37-11-3-5-13-44(37)57(42)65-56(34)53(58-35(2)43-29-23-38-12-4-6-14-45(38)59(43)67(58)62(63)64)39-20-26-41(27-21-39)71-52(68)17-9-10-36-18-24-40(25-19-36)66-60(69)48-31-30-47-46-15-7-8-16-50(46)72-51-33-32-49(61(66)70)54(48)55(47)51;1-2/h3-8,11-16,18-21,24-27,30-33H,9-10,17,22-23,28-29H2,1-2H3;2H,1H3/p+1. The number of allylic oxidation sites excluding steroid dienone is 2. The molecule has 74 heavy (non-hydrogen) atoms. The number of para-hydroxylation sites is 1. The van der Waals surface area contributed by atoms with Crippen molar-refractivity contribution >= 4 is 68.1 Å². The molecule has 3 aliphatic rings. The minimum Gasteiger partial charge on any atom is -0.456 e. The van der Waals surface area contributed by atoms with Crippen molar-refractivity contribution < 1.29 is 32.2 Å². The van der Waals surface area contributed by atoms with E-state index in [0.717, 1.165) is 104 Å². The third-order valence-electron chi connectivity index (χ3n) is 15.3. The van der Waals surface area contributed by atoms with Gasteiger partial charge >= 0.3 is 13.4 Å². The van der Waals surface area contributed by atoms with Crippen LogP contribution in [0.3, 0.4) is 0 Å². The van der Waals surface area contributed by atoms with Crippen molar-refractivity contribution in [3.63, 3.8) is 0 Å². The van der Waals surface area contributed by atoms with Crippen LogP contribution in [0.5, 0.6) is 5.75 Å². The number of H-pyrrole nitrogens is 1. The summed E-state index contributed by atoms with van der Waals surface area (Å²) in [6, 6.07) is 45.7. The van der Waals surface area contributed by atoms with Crippen LogP contribution in [-0.2, 0) is 30.5 Å². The first-order chi connectivity index (χ1) is 36.1. The highest BCUT2D eigenvalue weighted by molar-refractivity contribution is 6.37. The van der Waals surface area contributed by atoms with Crippen molar-refractivity contribution in [2.45, 2.75) is 58.8 Å². The van der Waals surface area contributed by atoms with E-state index in [2.05, 4.69) is 30.1 Å². The molecule has 3 aromatic heterocycles. The van der Waals surface area contributed by atoms with Gasteiger partial charge in [0.1, 0.15) is 16.9 Å². The lowest BCUT2D eigenvalue weighted by molar-refractivity contribution is -0.342. The topological polar surface area (TPSA) is 118 Å². The fourth-order valence-corrected chi connectivity index (χ4v) is 11.9. The fourth-order valence-electron chi connectivity index (χ4n) is 11.9. The van der Waals surface area contributed by atoms with Crippen LogP contribution in [0.15, 0.2) is 176 Å². The molecule has 364 valence electrons. The van der Waals surface area contributed by atoms with Gasteiger partial charge in [0.05, 0.1) is 17.0 Å². The molecule has 0 spiro atoms. The van der Waals surface area contributed by atoms with Crippen LogP contribution in [0.4, 0.5) is 8.63 Å². The lowest BCUT2D eigenvalue weighted by Gasteiger charge is -2.16. The van der Waals surface area contributed by atoms with Crippen molar-refractivity contribution in [1.29, 1.82) is 0 Å². The smallest absolute Gasteiger partial charge is 0.456 e. The molecule has 0 saturated heterocycles. The summed E-state index contributed by atoms with van der Waals surface area (Å²) in [7, 11) is -1.80. The number of aryl methyl sites for hydroxylation is 3. The number of hydrogen-bond acceptors (Lipinski definition) is 6. The predicted molar refractivity (Wildman–Crippen MR) is 289 cm³/mol. The van der Waals surface area contributed by atoms with Crippen molar-refractivity contribution in [2.24, 2.45) is 0 Å². The molecule has 0 atom stereocenters. The van der Waals surface area contributed by atoms with Gasteiger partial charge in [0.2, 0.25) is 0 Å². The summed E-state index contributed by atoms with van der Waals surface area (Å²) in [5.41, 5.74) is 14.4. The maximum absolute atomic E-state index is 15.8. The van der Waals surface area contributed by atoms with E-state index in [-0.39, 0.29) is 6.42 Å². The number of fused-ring (bicyclic) bond motifs is 8. The van der Waals surface area contributed by atoms with Crippen LogP contribution in [0.25, 0.3) is 66.0 Å². The minimum atomic E-state index is -2.80. The number of carbonyl (C=O) groups is 1. The molecule has 2 N–H and O–H groups in total. The Kier molecular flexibility index (Phi) is 11.7. The monoisotopic (exact) mass is 980 g/mol. The predicted octanol–water partition coefficient (Wildman–Crippen LogP) is 12.2. The highest BCUT2D eigenvalue weighted by Crippen LogP contribution is 2.45. The van der Waals surface area contributed by atoms with Crippen LogP contribution < -0.4 is 15.9 Å². The van der Waals surface area contributed by atoms with Crippen molar-refractivity contribution in [3.8, 4) is 22.7 Å². The Labute approximate surface area is 424 Å². The summed E-state index contributed by atoms with van der Waals surface area (Å²) in [5, 5.41) is 11.1. The Morgan fingerprint density at radius 1 is 0.703 bits per heavy atom. The van der Waals surface area contributed by atoms with Gasteiger partial charge in [-0.1, -0.05) is 91.0 Å². The third kappa shape index (κ3) is 7.45. The highest BCUT2D eigenvalue weighted by Gasteiger charge is 2.50. The van der Waals surface area contributed by atoms with Gasteiger partial charge < -0.3 is 19.2 Å². The fraction of sp³-hybridized carbons (Fsp3) is 0.161. The summed E-state index contributed by atoms with van der Waals surface area (Å²) >= 11 is 0. The summed E-state index contributed by atoms with van der Waals surface area (Å²) in [6.07, 6.45) is 4.37. The number of carbonyl (C=O) groups excluding carboxylic acids is 1. The molecule has 10 aromatic rings. The molecule has 7 aromatic carbocycles. The second-order valence-electron chi connectivity index (χ2n) is 19.2. The van der Waals surface area contributed by atoms with Crippen LogP contribution in [-0.4, -0.2) is 45.3 Å². The zero-order valence-corrected chi connectivity index (χ0v) is 41.0. The van der Waals surface area contributed by atoms with Gasteiger partial charge in [0.15, 0.2) is 11.4 Å². The molecule has 0 saturated carbocycles. The van der Waals surface area contributed by atoms with Crippen LogP contribution >= 0.6 is 0 Å². The van der Waals surface area contributed by atoms with E-state index in [0.29, 0.717) is 69.4 Å². The van der Waals surface area contributed by atoms with E-state index >= 15 is 8.63 Å². The molecule has 0 unspecified atom stereocenters. The molecule has 0 radical (unpaired) electrons. The maximum Gasteiger partial charge on any atom is 0.935 e. The van der Waals surface area contributed by atoms with E-state index in [4.69, 9.17) is 14.3 Å². The molecule has 12 heteroatoms. The number of pyridine rings is 1. The number of aromatic amines is 1. The number of esters is 1. The molecule has 0 bridgehead atoms. The minimum absolute atomic E-state index is 0.145. The van der Waals surface area contributed by atoms with Gasteiger partial charge in [-0.25, -0.2) is 17.7 Å². The Morgan fingerprint density at radius 2 is 1.35 bits per heavy atom. The van der Waals surface area contributed by atoms with Gasteiger partial charge in [-0.15, -0.1) is 0 Å². The van der Waals surface area contributed by atoms with E-state index in [1.807, 2.05) is 91.9 Å². The quantitative estimate of drug-likeness (QED) is 0.0489. The molecule has 1 aliphatic heterocycles. The highest BCUT2D eigenvalue weighted by atomic mass is 19.2. The Morgan fingerprint density at radius 3 is 2.09 bits per heavy atom. The number of aromatic nitrogens is 2. The number of aliphatic hydroxyl groups is 1. The van der Waals surface area contributed by atoms with E-state index in [1.54, 1.807) is 42.5 Å². The second kappa shape index (κ2) is 18.5. The molecular formula is C62H49BF2N3O6+. The number of ether oxygens (including phenoxy) is 1. The molecular weight excluding hydrogens is 932 g/mol. The molecule has 13 rings (SSSR count). The van der Waals surface area contributed by atoms with Crippen LogP contribution in [0.2, 0.25) is 0 Å². The Balaban J connectivity index is 0.00000275. The normalized spacial score (nSPS) is 14.5. The SMILES string of the molecule is CC1=C2CCc3ccccc3C2=[N+](B(F)F)/C1=C(/c1ccc(OC(=O)CCCc2ccc(-n3c(=O)c4ccc5oc6ccccc6c6ccc(c3=O)c4c56)cc2)cc1)c1[nH]c2c(c1C)CCc1ccccc1-2.CO. The third-order valence-corrected chi connectivity index (χ3v) is 15.3. The van der Waals surface area contributed by atoms with Gasteiger partial charge in [-0.05, 0) is 146 Å². The lowest BCUT2D eigenvalue weighted by atomic mass is 9.84. The van der Waals surface area contributed by atoms with Crippen molar-refractivity contribution in [3.05, 3.63) is 228 Å². The number of rotatable bonds is 9. The molecule has 2 aliphatic carbocycles. The Hall–Kier alpha value is -8.48. The zero-order chi connectivity index (χ0) is 50.9. The number of hydrogen-bond donors (Lipinski definition) is 2. The first-order valence-electron chi connectivity index (χ1n) is 25.0. The van der Waals surface area contributed by atoms with E-state index in [9.17, 15) is 14.4 Å². The van der Waals surface area contributed by atoms with Gasteiger partial charge in [-0.2, -0.15) is 0 Å². The number of benzene rings is 7. The number of nitrogens with zero attached hydrogens (tertiary/aromatic N) is 2. The largest absolute Gasteiger partial charge is 0.935 e. The van der Waals surface area contributed by atoms with Crippen LogP contribution in [0, 0.1) is 6.92 Å².